The van der Waals surface area contributed by atoms with Gasteiger partial charge >= 0.3 is 0 Å². The third kappa shape index (κ3) is 5.51. The highest BCUT2D eigenvalue weighted by Gasteiger charge is 2.17. The summed E-state index contributed by atoms with van der Waals surface area (Å²) in [7, 11) is 0. The summed E-state index contributed by atoms with van der Waals surface area (Å²) in [6.45, 7) is 12.2. The lowest BCUT2D eigenvalue weighted by atomic mass is 9.85. The highest BCUT2D eigenvalue weighted by molar-refractivity contribution is 6.21. The molecule has 0 unspecified atom stereocenters. The van der Waals surface area contributed by atoms with Gasteiger partial charge in [0.15, 0.2) is 0 Å². The molecule has 0 nitrogen and oxygen atoms in total. The Balaban J connectivity index is 1.57. The molecule has 0 aromatic heterocycles. The van der Waals surface area contributed by atoms with Crippen LogP contribution in [-0.4, -0.2) is 0 Å². The van der Waals surface area contributed by atoms with Crippen LogP contribution in [0.4, 0.5) is 0 Å². The zero-order valence-electron chi connectivity index (χ0n) is 25.4. The van der Waals surface area contributed by atoms with E-state index in [1.807, 2.05) is 6.08 Å². The van der Waals surface area contributed by atoms with Crippen molar-refractivity contribution >= 4 is 27.1 Å². The smallest absolute Gasteiger partial charge is 0.00262 e. The van der Waals surface area contributed by atoms with Gasteiger partial charge in [-0.15, -0.1) is 0 Å². The highest BCUT2D eigenvalue weighted by atomic mass is 14.2. The molecule has 0 atom stereocenters. The molecule has 212 valence electrons. The Labute approximate surface area is 261 Å². The molecule has 0 N–H and O–H groups in total. The Morgan fingerprint density at radius 3 is 1.61 bits per heavy atom. The molecular formula is C44H36. The number of hydrogen-bond acceptors (Lipinski definition) is 0. The van der Waals surface area contributed by atoms with Crippen molar-refractivity contribution in [3.63, 3.8) is 0 Å². The predicted octanol–water partition coefficient (Wildman–Crippen LogP) is 12.6. The predicted molar refractivity (Wildman–Crippen MR) is 194 cm³/mol. The van der Waals surface area contributed by atoms with E-state index in [2.05, 4.69) is 173 Å². The van der Waals surface area contributed by atoms with Gasteiger partial charge in [0.05, 0.1) is 0 Å². The van der Waals surface area contributed by atoms with E-state index < -0.39 is 0 Å². The van der Waals surface area contributed by atoms with E-state index >= 15 is 0 Å². The van der Waals surface area contributed by atoms with E-state index in [1.54, 1.807) is 6.08 Å². The fourth-order valence-corrected chi connectivity index (χ4v) is 6.19. The Hall–Kier alpha value is -5.46. The maximum absolute atomic E-state index is 4.25. The van der Waals surface area contributed by atoms with E-state index in [0.717, 1.165) is 22.3 Å². The lowest BCUT2D eigenvalue weighted by Crippen LogP contribution is -1.92. The molecule has 0 heteroatoms. The molecule has 0 spiro atoms. The average Bonchev–Trinajstić information content (AvgIpc) is 3.07. The monoisotopic (exact) mass is 564 g/mol. The largest absolute Gasteiger partial charge is 0.0991 e. The van der Waals surface area contributed by atoms with Crippen molar-refractivity contribution in [3.05, 3.63) is 188 Å². The van der Waals surface area contributed by atoms with Crippen LogP contribution >= 0.6 is 0 Å². The second-order valence-electron chi connectivity index (χ2n) is 11.1. The number of benzene rings is 6. The van der Waals surface area contributed by atoms with Crippen molar-refractivity contribution in [2.24, 2.45) is 0 Å². The van der Waals surface area contributed by atoms with Crippen molar-refractivity contribution in [3.8, 4) is 33.4 Å². The molecule has 6 aromatic carbocycles. The molecule has 44 heavy (non-hydrogen) atoms. The lowest BCUT2D eigenvalue weighted by Gasteiger charge is -2.18. The van der Waals surface area contributed by atoms with E-state index in [9.17, 15) is 0 Å². The second-order valence-corrected chi connectivity index (χ2v) is 11.1. The molecule has 0 heterocycles. The van der Waals surface area contributed by atoms with Crippen LogP contribution in [0.15, 0.2) is 182 Å². The number of hydrogen-bond donors (Lipinski definition) is 0. The highest BCUT2D eigenvalue weighted by Crippen LogP contribution is 2.44. The molecule has 0 aliphatic heterocycles. The maximum atomic E-state index is 4.25. The van der Waals surface area contributed by atoms with Gasteiger partial charge in [-0.25, -0.2) is 0 Å². The summed E-state index contributed by atoms with van der Waals surface area (Å²) in [6.07, 6.45) is 10.1. The van der Waals surface area contributed by atoms with Gasteiger partial charge in [-0.05, 0) is 91.5 Å². The van der Waals surface area contributed by atoms with Gasteiger partial charge < -0.3 is 0 Å². The van der Waals surface area contributed by atoms with Gasteiger partial charge in [-0.2, -0.15) is 0 Å². The lowest BCUT2D eigenvalue weighted by molar-refractivity contribution is 1.44. The summed E-state index contributed by atoms with van der Waals surface area (Å²) in [4.78, 5) is 0. The fraction of sp³-hybridized carbons (Fsp3) is 0.0455. The van der Waals surface area contributed by atoms with Crippen LogP contribution in [0.1, 0.15) is 19.4 Å². The Kier molecular flexibility index (Phi) is 8.34. The first-order valence-corrected chi connectivity index (χ1v) is 15.1. The number of fused-ring (bicyclic) bond motifs is 2. The van der Waals surface area contributed by atoms with Crippen LogP contribution in [-0.2, 0) is 0 Å². The number of rotatable bonds is 8. The summed E-state index contributed by atoms with van der Waals surface area (Å²) in [6, 6.07) is 46.2. The van der Waals surface area contributed by atoms with E-state index in [4.69, 9.17) is 0 Å². The molecule has 6 aromatic rings. The quantitative estimate of drug-likeness (QED) is 0.127. The first-order valence-electron chi connectivity index (χ1n) is 15.1. The van der Waals surface area contributed by atoms with E-state index in [0.29, 0.717) is 0 Å². The summed E-state index contributed by atoms with van der Waals surface area (Å²) < 4.78 is 0. The Bertz CT molecular complexity index is 2020. The maximum Gasteiger partial charge on any atom is -0.00262 e. The topological polar surface area (TPSA) is 0 Å². The van der Waals surface area contributed by atoms with Gasteiger partial charge in [-0.1, -0.05) is 170 Å². The first-order chi connectivity index (χ1) is 21.6. The first kappa shape index (κ1) is 28.6. The standard InChI is InChI=1S/C44H36/c1-5-7-21-37(31(3)4)38(16-6-2)33-26-28-34(29-27-33)43-39-22-11-13-24-41(39)44(42-25-14-12-23-40(42)43)36-20-15-19-35(30-36)32-17-9-8-10-18-32/h5-30H,1,3H2,2,4H3/b16-6-,21-7-,38-37+. The van der Waals surface area contributed by atoms with Crippen molar-refractivity contribution < 1.29 is 0 Å². The number of allylic oxidation sites excluding steroid dienone is 8. The normalized spacial score (nSPS) is 12.2. The van der Waals surface area contributed by atoms with Crippen LogP contribution in [0.25, 0.3) is 60.5 Å². The summed E-state index contributed by atoms with van der Waals surface area (Å²) >= 11 is 0. The third-order valence-electron chi connectivity index (χ3n) is 8.16. The zero-order chi connectivity index (χ0) is 30.5. The van der Waals surface area contributed by atoms with Crippen LogP contribution in [0.2, 0.25) is 0 Å². The molecular weight excluding hydrogens is 528 g/mol. The minimum absolute atomic E-state index is 1.02. The van der Waals surface area contributed by atoms with Crippen LogP contribution in [0.3, 0.4) is 0 Å². The minimum Gasteiger partial charge on any atom is -0.0991 e. The van der Waals surface area contributed by atoms with Crippen LogP contribution < -0.4 is 0 Å². The van der Waals surface area contributed by atoms with Gasteiger partial charge in [0.25, 0.3) is 0 Å². The summed E-state index contributed by atoms with van der Waals surface area (Å²) in [5.74, 6) is 0. The molecule has 0 saturated heterocycles. The minimum atomic E-state index is 1.02. The molecule has 0 bridgehead atoms. The molecule has 0 amide bonds. The van der Waals surface area contributed by atoms with Crippen LogP contribution in [0, 0.1) is 0 Å². The molecule has 0 aliphatic carbocycles. The zero-order valence-corrected chi connectivity index (χ0v) is 25.4. The van der Waals surface area contributed by atoms with Crippen molar-refractivity contribution in [2.45, 2.75) is 13.8 Å². The summed E-state index contributed by atoms with van der Waals surface area (Å²) in [5.41, 5.74) is 11.8. The molecule has 0 saturated carbocycles. The molecule has 6 rings (SSSR count). The van der Waals surface area contributed by atoms with Crippen molar-refractivity contribution in [2.75, 3.05) is 0 Å². The molecule has 0 fully saturated rings. The Morgan fingerprint density at radius 2 is 1.07 bits per heavy atom. The van der Waals surface area contributed by atoms with Gasteiger partial charge in [-0.3, -0.25) is 0 Å². The average molecular weight is 565 g/mol. The molecule has 0 aliphatic rings. The summed E-state index contributed by atoms with van der Waals surface area (Å²) in [5, 5.41) is 5.01. The van der Waals surface area contributed by atoms with Crippen molar-refractivity contribution in [1.82, 2.24) is 0 Å². The SMILES string of the molecule is C=C\C=C/C(C(=C)C)=C(/C=C\C)c1ccc(-c2c3ccccc3c(-c3cccc(-c4ccccc4)c3)c3ccccc23)cc1. The van der Waals surface area contributed by atoms with Crippen molar-refractivity contribution in [1.29, 1.82) is 0 Å². The molecule has 0 radical (unpaired) electrons. The van der Waals surface area contributed by atoms with E-state index in [1.165, 1.54) is 54.9 Å². The third-order valence-corrected chi connectivity index (χ3v) is 8.16. The van der Waals surface area contributed by atoms with Gasteiger partial charge in [0.2, 0.25) is 0 Å². The van der Waals surface area contributed by atoms with Gasteiger partial charge in [0, 0.05) is 0 Å². The second kappa shape index (κ2) is 12.8. The van der Waals surface area contributed by atoms with E-state index in [-0.39, 0.29) is 0 Å². The Morgan fingerprint density at radius 1 is 0.545 bits per heavy atom. The van der Waals surface area contributed by atoms with Gasteiger partial charge in [0.1, 0.15) is 0 Å². The fourth-order valence-electron chi connectivity index (χ4n) is 6.19. The van der Waals surface area contributed by atoms with Crippen LogP contribution in [0.5, 0.6) is 0 Å².